The molecule has 3 atom stereocenters. The number of urea groups is 1. The van der Waals surface area contributed by atoms with Gasteiger partial charge in [0.1, 0.15) is 6.04 Å². The van der Waals surface area contributed by atoms with Gasteiger partial charge in [-0.05, 0) is 43.7 Å². The Bertz CT molecular complexity index is 689. The molecule has 0 aromatic heterocycles. The van der Waals surface area contributed by atoms with Crippen molar-refractivity contribution in [2.24, 2.45) is 5.92 Å². The monoisotopic (exact) mass is 301 g/mol. The van der Waals surface area contributed by atoms with E-state index in [0.29, 0.717) is 11.3 Å². The predicted octanol–water partition coefficient (Wildman–Crippen LogP) is 2.22. The number of benzene rings is 1. The van der Waals surface area contributed by atoms with Crippen LogP contribution in [0.15, 0.2) is 18.2 Å². The van der Waals surface area contributed by atoms with E-state index in [1.807, 2.05) is 0 Å². The smallest absolute Gasteiger partial charge is 0.309 e. The number of nitro benzene ring substituents is 1. The van der Waals surface area contributed by atoms with Crippen LogP contribution in [0.25, 0.3) is 0 Å². The fraction of sp³-hybridized carbons (Fsp3) is 0.467. The molecule has 3 fully saturated rings. The lowest BCUT2D eigenvalue weighted by molar-refractivity contribution is -0.384. The molecule has 2 heterocycles. The molecule has 0 spiro atoms. The number of carbonyl (C=O) groups excluding carboxylic acids is 2. The summed E-state index contributed by atoms with van der Waals surface area (Å²) in [7, 11) is 0. The lowest BCUT2D eigenvalue weighted by Crippen LogP contribution is -2.40. The van der Waals surface area contributed by atoms with Gasteiger partial charge in [-0.25, -0.2) is 9.69 Å². The van der Waals surface area contributed by atoms with Crippen molar-refractivity contribution in [2.75, 3.05) is 4.90 Å². The molecule has 3 aliphatic rings. The number of rotatable bonds is 2. The van der Waals surface area contributed by atoms with Crippen molar-refractivity contribution in [1.82, 2.24) is 4.90 Å². The lowest BCUT2D eigenvalue weighted by atomic mass is 9.99. The number of hydrogen-bond donors (Lipinski definition) is 0. The van der Waals surface area contributed by atoms with Crippen LogP contribution >= 0.6 is 0 Å². The van der Waals surface area contributed by atoms with Crippen LogP contribution in [0.5, 0.6) is 0 Å². The second-order valence-electron chi connectivity index (χ2n) is 6.26. The highest BCUT2D eigenvalue weighted by Gasteiger charge is 2.59. The Morgan fingerprint density at radius 1 is 1.27 bits per heavy atom. The summed E-state index contributed by atoms with van der Waals surface area (Å²) in [6.07, 6.45) is 2.89. The first-order valence-electron chi connectivity index (χ1n) is 7.40. The Kier molecular flexibility index (Phi) is 2.58. The van der Waals surface area contributed by atoms with E-state index in [0.717, 1.165) is 19.3 Å². The Labute approximate surface area is 126 Å². The van der Waals surface area contributed by atoms with Gasteiger partial charge >= 0.3 is 6.03 Å². The van der Waals surface area contributed by atoms with Gasteiger partial charge in [-0.15, -0.1) is 0 Å². The van der Waals surface area contributed by atoms with Gasteiger partial charge in [-0.2, -0.15) is 0 Å². The molecule has 2 aliphatic heterocycles. The maximum absolute atomic E-state index is 12.7. The lowest BCUT2D eigenvalue weighted by Gasteiger charge is -2.25. The first-order valence-corrected chi connectivity index (χ1v) is 7.40. The largest absolute Gasteiger partial charge is 0.332 e. The fourth-order valence-corrected chi connectivity index (χ4v) is 4.15. The standard InChI is InChI=1S/C15H15N3O4/c1-8-6-11(18(21)22)4-5-12(8)17-14(19)13-9-2-3-10(7-9)16(13)15(17)20/h4-6,9-10,13H,2-3,7H2,1H3/t9?,10-,13?/m0/s1. The van der Waals surface area contributed by atoms with Crippen molar-refractivity contribution in [3.8, 4) is 0 Å². The van der Waals surface area contributed by atoms with Crippen molar-refractivity contribution < 1.29 is 14.5 Å². The molecule has 1 aliphatic carbocycles. The number of non-ortho nitro benzene ring substituents is 1. The van der Waals surface area contributed by atoms with Crippen molar-refractivity contribution >= 4 is 23.3 Å². The average Bonchev–Trinajstić information content (AvgIpc) is 3.14. The third-order valence-electron chi connectivity index (χ3n) is 5.10. The molecular weight excluding hydrogens is 286 g/mol. The molecule has 7 nitrogen and oxygen atoms in total. The highest BCUT2D eigenvalue weighted by molar-refractivity contribution is 6.22. The molecule has 0 N–H and O–H groups in total. The maximum atomic E-state index is 12.7. The summed E-state index contributed by atoms with van der Waals surface area (Å²) in [6, 6.07) is 3.79. The topological polar surface area (TPSA) is 83.8 Å². The van der Waals surface area contributed by atoms with Gasteiger partial charge in [-0.1, -0.05) is 0 Å². The zero-order chi connectivity index (χ0) is 15.6. The summed E-state index contributed by atoms with van der Waals surface area (Å²) in [5, 5.41) is 10.8. The second kappa shape index (κ2) is 4.28. The maximum Gasteiger partial charge on any atom is 0.332 e. The van der Waals surface area contributed by atoms with Gasteiger partial charge in [0.15, 0.2) is 0 Å². The van der Waals surface area contributed by atoms with Gasteiger partial charge in [0.2, 0.25) is 0 Å². The van der Waals surface area contributed by atoms with Crippen molar-refractivity contribution in [2.45, 2.75) is 38.3 Å². The highest BCUT2D eigenvalue weighted by Crippen LogP contribution is 2.47. The average molecular weight is 301 g/mol. The summed E-state index contributed by atoms with van der Waals surface area (Å²) in [5.41, 5.74) is 0.972. The van der Waals surface area contributed by atoms with Crippen LogP contribution < -0.4 is 4.90 Å². The number of hydrogen-bond acceptors (Lipinski definition) is 4. The van der Waals surface area contributed by atoms with E-state index in [9.17, 15) is 19.7 Å². The van der Waals surface area contributed by atoms with Gasteiger partial charge < -0.3 is 4.90 Å². The SMILES string of the molecule is Cc1cc([N+](=O)[O-])ccc1N1C(=O)C2C3CC[C@@H](C3)N2C1=O. The molecular formula is C15H15N3O4. The van der Waals surface area contributed by atoms with E-state index >= 15 is 0 Å². The van der Waals surface area contributed by atoms with Crippen molar-refractivity contribution in [1.29, 1.82) is 0 Å². The van der Waals surface area contributed by atoms with E-state index in [4.69, 9.17) is 0 Å². The van der Waals surface area contributed by atoms with Gasteiger partial charge in [-0.3, -0.25) is 14.9 Å². The number of fused-ring (bicyclic) bond motifs is 5. The van der Waals surface area contributed by atoms with E-state index in [1.165, 1.54) is 23.1 Å². The third kappa shape index (κ3) is 1.56. The summed E-state index contributed by atoms with van der Waals surface area (Å²) in [4.78, 5) is 38.6. The van der Waals surface area contributed by atoms with E-state index < -0.39 is 4.92 Å². The first-order chi connectivity index (χ1) is 10.5. The van der Waals surface area contributed by atoms with Crippen LogP contribution in [0.4, 0.5) is 16.2 Å². The minimum Gasteiger partial charge on any atom is -0.309 e. The Balaban J connectivity index is 1.73. The third-order valence-corrected chi connectivity index (χ3v) is 5.10. The molecule has 1 aromatic carbocycles. The van der Waals surface area contributed by atoms with Crippen molar-refractivity contribution in [3.63, 3.8) is 0 Å². The summed E-state index contributed by atoms with van der Waals surface area (Å²) >= 11 is 0. The minimum absolute atomic E-state index is 0.0408. The number of piperidine rings is 1. The first kappa shape index (κ1) is 13.2. The van der Waals surface area contributed by atoms with Gasteiger partial charge in [0.05, 0.1) is 10.6 Å². The molecule has 0 radical (unpaired) electrons. The number of amides is 3. The van der Waals surface area contributed by atoms with E-state index in [2.05, 4.69) is 0 Å². The summed E-state index contributed by atoms with van der Waals surface area (Å²) < 4.78 is 0. The van der Waals surface area contributed by atoms with Crippen LogP contribution in [0.2, 0.25) is 0 Å². The number of anilines is 1. The van der Waals surface area contributed by atoms with E-state index in [1.54, 1.807) is 11.8 Å². The molecule has 1 aromatic rings. The number of nitro groups is 1. The van der Waals surface area contributed by atoms with Crippen molar-refractivity contribution in [3.05, 3.63) is 33.9 Å². The summed E-state index contributed by atoms with van der Waals surface area (Å²) in [5.74, 6) is 0.0824. The molecule has 2 bridgehead atoms. The Hall–Kier alpha value is -2.44. The summed E-state index contributed by atoms with van der Waals surface area (Å²) in [6.45, 7) is 1.68. The minimum atomic E-state index is -0.483. The van der Waals surface area contributed by atoms with Gasteiger partial charge in [0.25, 0.3) is 11.6 Å². The molecule has 7 heteroatoms. The fourth-order valence-electron chi connectivity index (χ4n) is 4.15. The number of nitrogens with zero attached hydrogens (tertiary/aromatic N) is 3. The van der Waals surface area contributed by atoms with Crippen LogP contribution in [0, 0.1) is 23.0 Å². The van der Waals surface area contributed by atoms with Crippen LogP contribution in [-0.4, -0.2) is 33.8 Å². The molecule has 2 saturated heterocycles. The zero-order valence-corrected chi connectivity index (χ0v) is 12.1. The Morgan fingerprint density at radius 2 is 2.05 bits per heavy atom. The Morgan fingerprint density at radius 3 is 2.68 bits per heavy atom. The van der Waals surface area contributed by atoms with Crippen LogP contribution in [-0.2, 0) is 4.79 Å². The quantitative estimate of drug-likeness (QED) is 0.476. The number of aryl methyl sites for hydroxylation is 1. The van der Waals surface area contributed by atoms with Gasteiger partial charge in [0, 0.05) is 18.2 Å². The molecule has 4 rings (SSSR count). The molecule has 1 saturated carbocycles. The number of imide groups is 1. The van der Waals surface area contributed by atoms with Crippen LogP contribution in [0.3, 0.4) is 0 Å². The normalized spacial score (nSPS) is 29.4. The van der Waals surface area contributed by atoms with Crippen LogP contribution in [0.1, 0.15) is 24.8 Å². The predicted molar refractivity (Wildman–Crippen MR) is 77.5 cm³/mol. The molecule has 22 heavy (non-hydrogen) atoms. The zero-order valence-electron chi connectivity index (χ0n) is 12.1. The van der Waals surface area contributed by atoms with E-state index in [-0.39, 0.29) is 35.6 Å². The molecule has 114 valence electrons. The molecule has 2 unspecified atom stereocenters. The number of carbonyl (C=O) groups is 2. The highest BCUT2D eigenvalue weighted by atomic mass is 16.6. The second-order valence-corrected chi connectivity index (χ2v) is 6.26. The molecule has 3 amide bonds.